The third-order valence-electron chi connectivity index (χ3n) is 4.96. The van der Waals surface area contributed by atoms with E-state index in [1.165, 1.54) is 0 Å². The number of hydrogen-bond acceptors (Lipinski definition) is 4. The topological polar surface area (TPSA) is 76.4 Å². The molecular formula is C19H26N4O2. The molecule has 1 aromatic rings. The van der Waals surface area contributed by atoms with Crippen LogP contribution in [0.1, 0.15) is 27.2 Å². The van der Waals surface area contributed by atoms with Crippen LogP contribution >= 0.6 is 0 Å². The van der Waals surface area contributed by atoms with Gasteiger partial charge in [-0.25, -0.2) is 0 Å². The van der Waals surface area contributed by atoms with Crippen LogP contribution in [0.4, 0.5) is 5.69 Å². The van der Waals surface area contributed by atoms with Gasteiger partial charge in [0.05, 0.1) is 18.7 Å². The van der Waals surface area contributed by atoms with Crippen molar-refractivity contribution in [3.63, 3.8) is 0 Å². The summed E-state index contributed by atoms with van der Waals surface area (Å²) in [5.74, 6) is -0.243. The van der Waals surface area contributed by atoms with E-state index >= 15 is 0 Å². The zero-order chi connectivity index (χ0) is 18.6. The fourth-order valence-electron chi connectivity index (χ4n) is 2.91. The number of hydrogen-bond donors (Lipinski definition) is 1. The molecule has 1 N–H and O–H groups in total. The maximum atomic E-state index is 12.7. The molecule has 6 heteroatoms. The first-order chi connectivity index (χ1) is 11.8. The summed E-state index contributed by atoms with van der Waals surface area (Å²) in [7, 11) is 1.77. The van der Waals surface area contributed by atoms with Crippen LogP contribution in [0.2, 0.25) is 0 Å². The molecule has 0 bridgehead atoms. The molecule has 0 saturated carbocycles. The summed E-state index contributed by atoms with van der Waals surface area (Å²) in [6, 6.07) is 11.4. The van der Waals surface area contributed by atoms with Crippen molar-refractivity contribution in [3.8, 4) is 6.07 Å². The Bertz CT molecular complexity index is 668. The van der Waals surface area contributed by atoms with Gasteiger partial charge in [0.2, 0.25) is 11.8 Å². The SMILES string of the molecule is CC(C)C(C)(C#N)NC(=O)CN(C)C1CCN(c2ccccc2)C1=O. The van der Waals surface area contributed by atoms with Crippen molar-refractivity contribution in [2.24, 2.45) is 5.92 Å². The van der Waals surface area contributed by atoms with Crippen LogP contribution < -0.4 is 10.2 Å². The third kappa shape index (κ3) is 4.18. The molecule has 0 radical (unpaired) electrons. The summed E-state index contributed by atoms with van der Waals surface area (Å²) in [6.45, 7) is 6.23. The second-order valence-electron chi connectivity index (χ2n) is 7.06. The minimum Gasteiger partial charge on any atom is -0.337 e. The summed E-state index contributed by atoms with van der Waals surface area (Å²) >= 11 is 0. The highest BCUT2D eigenvalue weighted by atomic mass is 16.2. The van der Waals surface area contributed by atoms with Gasteiger partial charge in [0.1, 0.15) is 5.54 Å². The Balaban J connectivity index is 1.98. The van der Waals surface area contributed by atoms with Gasteiger partial charge in [-0.15, -0.1) is 0 Å². The summed E-state index contributed by atoms with van der Waals surface area (Å²) in [4.78, 5) is 28.5. The lowest BCUT2D eigenvalue weighted by Gasteiger charge is -2.29. The number of anilines is 1. The van der Waals surface area contributed by atoms with E-state index in [-0.39, 0.29) is 30.3 Å². The molecule has 25 heavy (non-hydrogen) atoms. The standard InChI is InChI=1S/C19H26N4O2/c1-14(2)19(3,13-20)21-17(24)12-22(4)16-10-11-23(18(16)25)15-8-6-5-7-9-15/h5-9,14,16H,10-12H2,1-4H3,(H,21,24). The van der Waals surface area contributed by atoms with Gasteiger partial charge in [-0.2, -0.15) is 5.26 Å². The first kappa shape index (κ1) is 18.9. The minimum absolute atomic E-state index is 0.00607. The molecule has 0 aromatic heterocycles. The van der Waals surface area contributed by atoms with E-state index in [0.29, 0.717) is 13.0 Å². The molecule has 1 aromatic carbocycles. The second-order valence-corrected chi connectivity index (χ2v) is 7.06. The predicted molar refractivity (Wildman–Crippen MR) is 96.8 cm³/mol. The number of para-hydroxylation sites is 1. The van der Waals surface area contributed by atoms with E-state index in [9.17, 15) is 14.9 Å². The zero-order valence-electron chi connectivity index (χ0n) is 15.3. The Morgan fingerprint density at radius 1 is 1.44 bits per heavy atom. The number of amides is 2. The number of carbonyl (C=O) groups excluding carboxylic acids is 2. The maximum absolute atomic E-state index is 12.7. The number of nitriles is 1. The Kier molecular flexibility index (Phi) is 5.81. The number of likely N-dealkylation sites (N-methyl/N-ethyl adjacent to an activating group) is 1. The molecular weight excluding hydrogens is 316 g/mol. The van der Waals surface area contributed by atoms with Gasteiger partial charge < -0.3 is 10.2 Å². The van der Waals surface area contributed by atoms with Crippen molar-refractivity contribution in [2.75, 3.05) is 25.0 Å². The van der Waals surface area contributed by atoms with Crippen LogP contribution in [-0.2, 0) is 9.59 Å². The largest absolute Gasteiger partial charge is 0.337 e. The van der Waals surface area contributed by atoms with E-state index in [1.54, 1.807) is 23.8 Å². The van der Waals surface area contributed by atoms with Crippen molar-refractivity contribution < 1.29 is 9.59 Å². The van der Waals surface area contributed by atoms with Crippen LogP contribution in [0.25, 0.3) is 0 Å². The highest BCUT2D eigenvalue weighted by Gasteiger charge is 2.37. The summed E-state index contributed by atoms with van der Waals surface area (Å²) in [6.07, 6.45) is 0.678. The Morgan fingerprint density at radius 2 is 2.08 bits per heavy atom. The van der Waals surface area contributed by atoms with Gasteiger partial charge in [-0.3, -0.25) is 14.5 Å². The smallest absolute Gasteiger partial charge is 0.244 e. The molecule has 2 rings (SSSR count). The fourth-order valence-corrected chi connectivity index (χ4v) is 2.91. The van der Waals surface area contributed by atoms with Crippen molar-refractivity contribution in [3.05, 3.63) is 30.3 Å². The zero-order valence-corrected chi connectivity index (χ0v) is 15.3. The van der Waals surface area contributed by atoms with Gasteiger partial charge in [0, 0.05) is 12.2 Å². The normalized spacial score (nSPS) is 19.8. The lowest BCUT2D eigenvalue weighted by Crippen LogP contribution is -2.53. The molecule has 6 nitrogen and oxygen atoms in total. The molecule has 0 spiro atoms. The van der Waals surface area contributed by atoms with Gasteiger partial charge in [-0.05, 0) is 38.4 Å². The van der Waals surface area contributed by atoms with E-state index in [2.05, 4.69) is 11.4 Å². The van der Waals surface area contributed by atoms with Gasteiger partial charge in [0.15, 0.2) is 0 Å². The maximum Gasteiger partial charge on any atom is 0.244 e. The highest BCUT2D eigenvalue weighted by Crippen LogP contribution is 2.23. The number of benzene rings is 1. The van der Waals surface area contributed by atoms with Crippen molar-refractivity contribution >= 4 is 17.5 Å². The number of rotatable bonds is 6. The van der Waals surface area contributed by atoms with E-state index in [4.69, 9.17) is 0 Å². The van der Waals surface area contributed by atoms with Crippen LogP contribution in [-0.4, -0.2) is 48.4 Å². The van der Waals surface area contributed by atoms with E-state index in [1.807, 2.05) is 44.2 Å². The molecule has 1 fully saturated rings. The molecule has 1 aliphatic rings. The quantitative estimate of drug-likeness (QED) is 0.855. The lowest BCUT2D eigenvalue weighted by molar-refractivity contribution is -0.126. The highest BCUT2D eigenvalue weighted by molar-refractivity contribution is 5.99. The number of carbonyl (C=O) groups is 2. The Hall–Kier alpha value is -2.39. The van der Waals surface area contributed by atoms with Gasteiger partial charge in [-0.1, -0.05) is 32.0 Å². The van der Waals surface area contributed by atoms with E-state index in [0.717, 1.165) is 5.69 Å². The number of nitrogens with one attached hydrogen (secondary N) is 1. The summed E-state index contributed by atoms with van der Waals surface area (Å²) < 4.78 is 0. The summed E-state index contributed by atoms with van der Waals surface area (Å²) in [5, 5.41) is 12.1. The average molecular weight is 342 g/mol. The van der Waals surface area contributed by atoms with Crippen LogP contribution in [0.3, 0.4) is 0 Å². The molecule has 1 aliphatic heterocycles. The number of nitrogens with zero attached hydrogens (tertiary/aromatic N) is 3. The first-order valence-corrected chi connectivity index (χ1v) is 8.57. The molecule has 1 heterocycles. The van der Waals surface area contributed by atoms with Gasteiger partial charge >= 0.3 is 0 Å². The van der Waals surface area contributed by atoms with Crippen LogP contribution in [0.15, 0.2) is 30.3 Å². The monoisotopic (exact) mass is 342 g/mol. The summed E-state index contributed by atoms with van der Waals surface area (Å²) in [5.41, 5.74) is -0.0297. The molecule has 0 aliphatic carbocycles. The minimum atomic E-state index is -0.909. The Labute approximate surface area is 149 Å². The fraction of sp³-hybridized carbons (Fsp3) is 0.526. The molecule has 2 unspecified atom stereocenters. The third-order valence-corrected chi connectivity index (χ3v) is 4.96. The average Bonchev–Trinajstić information content (AvgIpc) is 2.96. The van der Waals surface area contributed by atoms with Crippen LogP contribution in [0, 0.1) is 17.2 Å². The van der Waals surface area contributed by atoms with E-state index < -0.39 is 5.54 Å². The van der Waals surface area contributed by atoms with Gasteiger partial charge in [0.25, 0.3) is 0 Å². The molecule has 2 amide bonds. The molecule has 2 atom stereocenters. The van der Waals surface area contributed by atoms with Crippen molar-refractivity contribution in [1.29, 1.82) is 5.26 Å². The Morgan fingerprint density at radius 3 is 2.64 bits per heavy atom. The predicted octanol–water partition coefficient (Wildman–Crippen LogP) is 1.78. The first-order valence-electron chi connectivity index (χ1n) is 8.57. The van der Waals surface area contributed by atoms with Crippen molar-refractivity contribution in [1.82, 2.24) is 10.2 Å². The van der Waals surface area contributed by atoms with Crippen LogP contribution in [0.5, 0.6) is 0 Å². The molecule has 134 valence electrons. The second kappa shape index (κ2) is 7.66. The van der Waals surface area contributed by atoms with Crippen molar-refractivity contribution in [2.45, 2.75) is 38.8 Å². The molecule has 1 saturated heterocycles. The lowest BCUT2D eigenvalue weighted by atomic mass is 9.90.